The van der Waals surface area contributed by atoms with Crippen molar-refractivity contribution in [3.05, 3.63) is 106 Å². The molecule has 0 bridgehead atoms. The number of carbonyl (C=O) groups excluding carboxylic acids is 1. The monoisotopic (exact) mass is 477 g/mol. The second-order valence-electron chi connectivity index (χ2n) is 8.07. The van der Waals surface area contributed by atoms with Crippen molar-refractivity contribution in [2.75, 3.05) is 11.9 Å². The van der Waals surface area contributed by atoms with Crippen LogP contribution in [0.3, 0.4) is 0 Å². The van der Waals surface area contributed by atoms with E-state index in [9.17, 15) is 23.3 Å². The quantitative estimate of drug-likeness (QED) is 0.317. The van der Waals surface area contributed by atoms with E-state index in [1.54, 1.807) is 37.4 Å². The van der Waals surface area contributed by atoms with E-state index in [2.05, 4.69) is 4.72 Å². The molecule has 1 aliphatic rings. The summed E-state index contributed by atoms with van der Waals surface area (Å²) in [5.41, 5.74) is 3.47. The number of anilines is 1. The van der Waals surface area contributed by atoms with Crippen molar-refractivity contribution >= 4 is 33.4 Å². The summed E-state index contributed by atoms with van der Waals surface area (Å²) in [6.45, 7) is 0. The Morgan fingerprint density at radius 2 is 1.59 bits per heavy atom. The summed E-state index contributed by atoms with van der Waals surface area (Å²) in [5, 5.41) is 10.7. The predicted octanol–water partition coefficient (Wildman–Crippen LogP) is 3.72. The maximum absolute atomic E-state index is 12.8. The number of nitro benzene ring substituents is 1. The second kappa shape index (κ2) is 9.58. The highest BCUT2D eigenvalue weighted by atomic mass is 32.2. The number of rotatable bonds is 7. The third-order valence-electron chi connectivity index (χ3n) is 5.76. The molecular weight excluding hydrogens is 454 g/mol. The number of nitro groups is 1. The Kier molecular flexibility index (Phi) is 6.58. The van der Waals surface area contributed by atoms with Crippen LogP contribution in [0, 0.1) is 10.1 Å². The van der Waals surface area contributed by atoms with E-state index in [1.807, 2.05) is 24.3 Å². The van der Waals surface area contributed by atoms with Crippen LogP contribution in [-0.2, 0) is 27.7 Å². The number of nitrogens with zero attached hydrogens (tertiary/aromatic N) is 2. The summed E-state index contributed by atoms with van der Waals surface area (Å²) >= 11 is 0. The molecule has 0 aromatic heterocycles. The molecule has 0 saturated heterocycles. The van der Waals surface area contributed by atoms with E-state index in [4.69, 9.17) is 0 Å². The van der Waals surface area contributed by atoms with Crippen molar-refractivity contribution in [1.82, 2.24) is 4.72 Å². The fourth-order valence-electron chi connectivity index (χ4n) is 3.89. The van der Waals surface area contributed by atoms with Gasteiger partial charge in [-0.25, -0.2) is 13.1 Å². The second-order valence-corrected chi connectivity index (χ2v) is 9.78. The number of amides is 1. The van der Waals surface area contributed by atoms with Gasteiger partial charge in [-0.1, -0.05) is 24.3 Å². The molecule has 3 aromatic carbocycles. The Morgan fingerprint density at radius 1 is 1.00 bits per heavy atom. The van der Waals surface area contributed by atoms with Gasteiger partial charge in [0, 0.05) is 37.0 Å². The molecule has 0 fully saturated rings. The summed E-state index contributed by atoms with van der Waals surface area (Å²) in [5.74, 6) is -0.323. The number of nitrogens with one attached hydrogen (secondary N) is 1. The van der Waals surface area contributed by atoms with Gasteiger partial charge in [-0.2, -0.15) is 0 Å². The van der Waals surface area contributed by atoms with Gasteiger partial charge in [0.15, 0.2) is 0 Å². The fourth-order valence-corrected chi connectivity index (χ4v) is 5.13. The molecule has 0 spiro atoms. The topological polar surface area (TPSA) is 110 Å². The van der Waals surface area contributed by atoms with Crippen LogP contribution in [0.5, 0.6) is 0 Å². The van der Waals surface area contributed by atoms with Gasteiger partial charge in [0.1, 0.15) is 0 Å². The molecule has 9 heteroatoms. The van der Waals surface area contributed by atoms with E-state index in [0.29, 0.717) is 24.1 Å². The molecule has 0 radical (unpaired) electrons. The molecule has 1 amide bonds. The summed E-state index contributed by atoms with van der Waals surface area (Å²) in [6, 6.07) is 19.7. The average molecular weight is 478 g/mol. The highest BCUT2D eigenvalue weighted by Crippen LogP contribution is 2.24. The zero-order valence-corrected chi connectivity index (χ0v) is 19.2. The third kappa shape index (κ3) is 5.22. The molecule has 0 aliphatic heterocycles. The van der Waals surface area contributed by atoms with Gasteiger partial charge in [0.05, 0.1) is 9.82 Å². The van der Waals surface area contributed by atoms with E-state index in [0.717, 1.165) is 11.1 Å². The number of fused-ring (bicyclic) bond motifs is 1. The number of sulfonamides is 1. The lowest BCUT2D eigenvalue weighted by molar-refractivity contribution is -0.384. The highest BCUT2D eigenvalue weighted by molar-refractivity contribution is 7.89. The lowest BCUT2D eigenvalue weighted by Gasteiger charge is -2.17. The van der Waals surface area contributed by atoms with Crippen LogP contribution in [0.15, 0.2) is 83.8 Å². The Balaban J connectivity index is 1.39. The number of carbonyl (C=O) groups is 1. The SMILES string of the molecule is CN(C(=O)C=Cc1ccc([N+](=O)[O-])cc1)c1ccc(S(=O)(=O)NC2Cc3ccccc3C2)cc1. The van der Waals surface area contributed by atoms with Crippen LogP contribution in [0.1, 0.15) is 16.7 Å². The van der Waals surface area contributed by atoms with Crippen LogP contribution in [-0.4, -0.2) is 32.3 Å². The Morgan fingerprint density at radius 3 is 2.15 bits per heavy atom. The molecule has 0 atom stereocenters. The molecule has 0 saturated carbocycles. The van der Waals surface area contributed by atoms with Crippen LogP contribution in [0.2, 0.25) is 0 Å². The van der Waals surface area contributed by atoms with Crippen LogP contribution < -0.4 is 9.62 Å². The van der Waals surface area contributed by atoms with Gasteiger partial charge >= 0.3 is 0 Å². The Hall–Kier alpha value is -3.82. The molecule has 174 valence electrons. The van der Waals surface area contributed by atoms with Crippen LogP contribution in [0.25, 0.3) is 6.08 Å². The Bertz CT molecular complexity index is 1330. The number of hydrogen-bond donors (Lipinski definition) is 1. The van der Waals surface area contributed by atoms with Gasteiger partial charge in [-0.15, -0.1) is 0 Å². The first kappa shape index (κ1) is 23.3. The summed E-state index contributed by atoms with van der Waals surface area (Å²) in [6.07, 6.45) is 4.23. The summed E-state index contributed by atoms with van der Waals surface area (Å²) in [4.78, 5) is 24.3. The van der Waals surface area contributed by atoms with Gasteiger partial charge in [0.25, 0.3) is 11.6 Å². The van der Waals surface area contributed by atoms with Gasteiger partial charge in [-0.05, 0) is 72.0 Å². The first-order chi connectivity index (χ1) is 16.2. The summed E-state index contributed by atoms with van der Waals surface area (Å²) < 4.78 is 28.4. The minimum absolute atomic E-state index is 0.0254. The molecule has 0 unspecified atom stereocenters. The van der Waals surface area contributed by atoms with Crippen molar-refractivity contribution in [1.29, 1.82) is 0 Å². The maximum atomic E-state index is 12.8. The van der Waals surface area contributed by atoms with E-state index < -0.39 is 14.9 Å². The molecule has 8 nitrogen and oxygen atoms in total. The number of benzene rings is 3. The first-order valence-corrected chi connectivity index (χ1v) is 12.1. The highest BCUT2D eigenvalue weighted by Gasteiger charge is 2.26. The van der Waals surface area contributed by atoms with Crippen molar-refractivity contribution in [3.63, 3.8) is 0 Å². The molecular formula is C25H23N3O5S. The largest absolute Gasteiger partial charge is 0.312 e. The molecule has 1 N–H and O–H groups in total. The number of likely N-dealkylation sites (N-methyl/N-ethyl adjacent to an activating group) is 1. The molecule has 3 aromatic rings. The lowest BCUT2D eigenvalue weighted by Crippen LogP contribution is -2.35. The molecule has 0 heterocycles. The predicted molar refractivity (Wildman–Crippen MR) is 130 cm³/mol. The van der Waals surface area contributed by atoms with Crippen molar-refractivity contribution in [3.8, 4) is 0 Å². The van der Waals surface area contributed by atoms with Gasteiger partial charge in [-0.3, -0.25) is 14.9 Å². The fraction of sp³-hybridized carbons (Fsp3) is 0.160. The molecule has 1 aliphatic carbocycles. The average Bonchev–Trinajstić information content (AvgIpc) is 3.24. The van der Waals surface area contributed by atoms with E-state index in [-0.39, 0.29) is 22.5 Å². The van der Waals surface area contributed by atoms with Gasteiger partial charge < -0.3 is 4.90 Å². The van der Waals surface area contributed by atoms with E-state index >= 15 is 0 Å². The first-order valence-electron chi connectivity index (χ1n) is 10.6. The third-order valence-corrected chi connectivity index (χ3v) is 7.30. The van der Waals surface area contributed by atoms with Gasteiger partial charge in [0.2, 0.25) is 10.0 Å². The number of hydrogen-bond acceptors (Lipinski definition) is 5. The lowest BCUT2D eigenvalue weighted by atomic mass is 10.1. The Labute approximate surface area is 197 Å². The zero-order chi connectivity index (χ0) is 24.3. The zero-order valence-electron chi connectivity index (χ0n) is 18.4. The van der Waals surface area contributed by atoms with Crippen molar-refractivity contribution < 1.29 is 18.1 Å². The van der Waals surface area contributed by atoms with Crippen LogP contribution >= 0.6 is 0 Å². The summed E-state index contributed by atoms with van der Waals surface area (Å²) in [7, 11) is -2.11. The van der Waals surface area contributed by atoms with Crippen molar-refractivity contribution in [2.45, 2.75) is 23.8 Å². The normalized spacial score (nSPS) is 13.7. The minimum atomic E-state index is -3.70. The molecule has 34 heavy (non-hydrogen) atoms. The van der Waals surface area contributed by atoms with E-state index in [1.165, 1.54) is 35.2 Å². The van der Waals surface area contributed by atoms with Crippen molar-refractivity contribution in [2.24, 2.45) is 0 Å². The minimum Gasteiger partial charge on any atom is -0.312 e. The molecule has 4 rings (SSSR count). The van der Waals surface area contributed by atoms with Crippen LogP contribution in [0.4, 0.5) is 11.4 Å². The maximum Gasteiger partial charge on any atom is 0.269 e. The smallest absolute Gasteiger partial charge is 0.269 e. The number of non-ortho nitro benzene ring substituents is 1. The standard InChI is InChI=1S/C25H23N3O5S/c1-27(25(29)15-8-18-6-9-23(10-7-18)28(30)31)22-11-13-24(14-12-22)34(32,33)26-21-16-19-4-2-3-5-20(19)17-21/h2-15,21,26H,16-17H2,1H3.